The molecule has 1 saturated heterocycles. The Kier molecular flexibility index (Phi) is 6.19. The number of ether oxygens (including phenoxy) is 3. The number of aromatic nitrogens is 2. The van der Waals surface area contributed by atoms with Crippen LogP contribution >= 0.6 is 39.0 Å². The number of piperazine rings is 1. The lowest BCUT2D eigenvalue weighted by molar-refractivity contribution is 0.0740. The third kappa shape index (κ3) is 3.95. The molecule has 0 spiro atoms. The lowest BCUT2D eigenvalue weighted by atomic mass is 10.1. The molecule has 5 rings (SSSR count). The predicted octanol–water partition coefficient (Wildman–Crippen LogP) is 4.49. The van der Waals surface area contributed by atoms with E-state index in [1.165, 1.54) is 4.21 Å². The Balaban J connectivity index is 1.34. The molecule has 0 atom stereocenters. The largest absolute Gasteiger partial charge is 0.496 e. The standard InChI is InChI=1S/C22H23BrN4O4S2/c1-29-12-8-15(30-2)20(16(9-12)31-3)26-4-6-27(7-5-26)21(28)19-14-11-32-22-13(10-17(23)33-22)18(14)24-25-19/h8-10H,4-7,11H2,1-3H3,(H,24,25). The lowest BCUT2D eigenvalue weighted by Gasteiger charge is -2.37. The number of hydrogen-bond acceptors (Lipinski definition) is 8. The molecule has 2 aromatic heterocycles. The van der Waals surface area contributed by atoms with Gasteiger partial charge in [0.1, 0.15) is 28.6 Å². The van der Waals surface area contributed by atoms with E-state index < -0.39 is 0 Å². The van der Waals surface area contributed by atoms with E-state index in [9.17, 15) is 4.79 Å². The maximum Gasteiger partial charge on any atom is 0.272 e. The molecular weight excluding hydrogens is 528 g/mol. The van der Waals surface area contributed by atoms with Crippen molar-refractivity contribution in [2.45, 2.75) is 9.96 Å². The fourth-order valence-electron chi connectivity index (χ4n) is 4.25. The summed E-state index contributed by atoms with van der Waals surface area (Å²) in [5.41, 5.74) is 4.44. The van der Waals surface area contributed by atoms with Gasteiger partial charge in [-0.3, -0.25) is 9.89 Å². The summed E-state index contributed by atoms with van der Waals surface area (Å²) in [4.78, 5) is 17.5. The molecule has 2 aliphatic rings. The van der Waals surface area contributed by atoms with Gasteiger partial charge >= 0.3 is 0 Å². The average Bonchev–Trinajstić information content (AvgIpc) is 3.45. The number of carbonyl (C=O) groups excluding carboxylic acids is 1. The summed E-state index contributed by atoms with van der Waals surface area (Å²) < 4.78 is 18.9. The van der Waals surface area contributed by atoms with Gasteiger partial charge < -0.3 is 24.0 Å². The van der Waals surface area contributed by atoms with Gasteiger partial charge in [-0.15, -0.1) is 23.1 Å². The Bertz CT molecular complexity index is 1180. The van der Waals surface area contributed by atoms with Crippen LogP contribution in [-0.2, 0) is 5.75 Å². The number of hydrogen-bond donors (Lipinski definition) is 1. The van der Waals surface area contributed by atoms with Crippen LogP contribution in [0.15, 0.2) is 26.2 Å². The molecule has 1 N–H and O–H groups in total. The molecule has 174 valence electrons. The van der Waals surface area contributed by atoms with Gasteiger partial charge in [0.25, 0.3) is 5.91 Å². The van der Waals surface area contributed by atoms with Gasteiger partial charge in [0.05, 0.1) is 35.0 Å². The zero-order chi connectivity index (χ0) is 23.1. The Morgan fingerprint density at radius 3 is 2.39 bits per heavy atom. The zero-order valence-corrected chi connectivity index (χ0v) is 21.7. The number of halogens is 1. The van der Waals surface area contributed by atoms with Crippen molar-refractivity contribution in [3.8, 4) is 28.5 Å². The molecule has 0 radical (unpaired) electrons. The third-order valence-electron chi connectivity index (χ3n) is 5.92. The summed E-state index contributed by atoms with van der Waals surface area (Å²) in [7, 11) is 4.88. The van der Waals surface area contributed by atoms with Crippen molar-refractivity contribution in [1.82, 2.24) is 15.1 Å². The molecule has 0 unspecified atom stereocenters. The molecule has 0 saturated carbocycles. The molecule has 1 amide bonds. The second-order valence-electron chi connectivity index (χ2n) is 7.63. The molecule has 8 nitrogen and oxygen atoms in total. The number of rotatable bonds is 5. The van der Waals surface area contributed by atoms with Crippen molar-refractivity contribution in [1.29, 1.82) is 0 Å². The highest BCUT2D eigenvalue weighted by atomic mass is 79.9. The number of amides is 1. The van der Waals surface area contributed by atoms with Gasteiger partial charge in [0.15, 0.2) is 0 Å². The summed E-state index contributed by atoms with van der Waals surface area (Å²) in [5.74, 6) is 2.78. The number of nitrogens with zero attached hydrogens (tertiary/aromatic N) is 3. The SMILES string of the molecule is COc1cc(OC)c(N2CCN(C(=O)c3[nH]nc4c3CSc3sc(Br)cc3-4)CC2)c(OC)c1. The monoisotopic (exact) mass is 550 g/mol. The number of fused-ring (bicyclic) bond motifs is 3. The Morgan fingerprint density at radius 2 is 1.76 bits per heavy atom. The summed E-state index contributed by atoms with van der Waals surface area (Å²) in [5, 5.41) is 7.52. The van der Waals surface area contributed by atoms with Gasteiger partial charge in [-0.2, -0.15) is 5.10 Å². The fourth-order valence-corrected chi connectivity index (χ4v) is 7.46. The molecule has 2 aliphatic heterocycles. The summed E-state index contributed by atoms with van der Waals surface area (Å²) in [6.45, 7) is 2.51. The van der Waals surface area contributed by atoms with Crippen molar-refractivity contribution in [2.24, 2.45) is 0 Å². The second kappa shape index (κ2) is 9.11. The molecule has 33 heavy (non-hydrogen) atoms. The average molecular weight is 551 g/mol. The molecule has 4 heterocycles. The van der Waals surface area contributed by atoms with Crippen molar-refractivity contribution in [3.05, 3.63) is 33.2 Å². The van der Waals surface area contributed by atoms with Gasteiger partial charge in [-0.05, 0) is 22.0 Å². The van der Waals surface area contributed by atoms with Crippen LogP contribution < -0.4 is 19.1 Å². The summed E-state index contributed by atoms with van der Waals surface area (Å²) in [6.07, 6.45) is 0. The minimum Gasteiger partial charge on any atom is -0.496 e. The van der Waals surface area contributed by atoms with E-state index in [1.807, 2.05) is 17.0 Å². The van der Waals surface area contributed by atoms with Crippen LogP contribution in [0.4, 0.5) is 5.69 Å². The molecule has 3 aromatic rings. The number of benzene rings is 1. The molecule has 0 bridgehead atoms. The first-order valence-electron chi connectivity index (χ1n) is 10.4. The topological polar surface area (TPSA) is 79.9 Å². The van der Waals surface area contributed by atoms with Crippen LogP contribution in [0.3, 0.4) is 0 Å². The number of aromatic amines is 1. The van der Waals surface area contributed by atoms with Crippen LogP contribution in [0, 0.1) is 0 Å². The first-order chi connectivity index (χ1) is 16.0. The maximum absolute atomic E-state index is 13.4. The zero-order valence-electron chi connectivity index (χ0n) is 18.4. The lowest BCUT2D eigenvalue weighted by Crippen LogP contribution is -2.49. The minimum absolute atomic E-state index is 0.00425. The summed E-state index contributed by atoms with van der Waals surface area (Å²) in [6, 6.07) is 5.77. The number of H-pyrrole nitrogens is 1. The van der Waals surface area contributed by atoms with E-state index >= 15 is 0 Å². The van der Waals surface area contributed by atoms with E-state index in [0.717, 1.165) is 32.0 Å². The second-order valence-corrected chi connectivity index (χ2v) is 11.3. The van der Waals surface area contributed by atoms with Crippen LogP contribution in [-0.4, -0.2) is 68.5 Å². The quantitative estimate of drug-likeness (QED) is 0.501. The van der Waals surface area contributed by atoms with E-state index in [2.05, 4.69) is 37.1 Å². The number of thiophene rings is 1. The highest BCUT2D eigenvalue weighted by Crippen LogP contribution is 2.48. The maximum atomic E-state index is 13.4. The number of carbonyl (C=O) groups is 1. The Hall–Kier alpha value is -2.37. The van der Waals surface area contributed by atoms with Crippen LogP contribution in [0.25, 0.3) is 11.3 Å². The van der Waals surface area contributed by atoms with Crippen molar-refractivity contribution in [2.75, 3.05) is 52.4 Å². The van der Waals surface area contributed by atoms with Gasteiger partial charge in [-0.1, -0.05) is 0 Å². The first kappa shape index (κ1) is 22.4. The fraction of sp³-hybridized carbons (Fsp3) is 0.364. The van der Waals surface area contributed by atoms with Gasteiger partial charge in [0, 0.05) is 55.2 Å². The summed E-state index contributed by atoms with van der Waals surface area (Å²) >= 11 is 7.02. The molecule has 0 aliphatic carbocycles. The van der Waals surface area contributed by atoms with Crippen LogP contribution in [0.2, 0.25) is 0 Å². The van der Waals surface area contributed by atoms with Crippen molar-refractivity contribution < 1.29 is 19.0 Å². The third-order valence-corrected chi connectivity index (χ3v) is 8.88. The van der Waals surface area contributed by atoms with E-state index in [0.29, 0.717) is 49.1 Å². The number of methoxy groups -OCH3 is 3. The Morgan fingerprint density at radius 1 is 1.06 bits per heavy atom. The first-order valence-corrected chi connectivity index (χ1v) is 13.0. The van der Waals surface area contributed by atoms with Crippen LogP contribution in [0.5, 0.6) is 17.2 Å². The molecule has 11 heteroatoms. The van der Waals surface area contributed by atoms with E-state index in [4.69, 9.17) is 14.2 Å². The normalized spacial score (nSPS) is 15.2. The minimum atomic E-state index is -0.00425. The number of anilines is 1. The number of nitrogens with one attached hydrogen (secondary N) is 1. The van der Waals surface area contributed by atoms with Crippen LogP contribution in [0.1, 0.15) is 16.1 Å². The van der Waals surface area contributed by atoms with E-state index in [1.54, 1.807) is 44.4 Å². The predicted molar refractivity (Wildman–Crippen MR) is 133 cm³/mol. The Labute approximate surface area is 208 Å². The van der Waals surface area contributed by atoms with Crippen molar-refractivity contribution in [3.63, 3.8) is 0 Å². The molecule has 1 aromatic carbocycles. The molecular formula is C22H23BrN4O4S2. The van der Waals surface area contributed by atoms with E-state index in [-0.39, 0.29) is 5.91 Å². The highest BCUT2D eigenvalue weighted by Gasteiger charge is 2.32. The highest BCUT2D eigenvalue weighted by molar-refractivity contribution is 9.11. The van der Waals surface area contributed by atoms with Gasteiger partial charge in [0.2, 0.25) is 0 Å². The molecule has 1 fully saturated rings. The van der Waals surface area contributed by atoms with Gasteiger partial charge in [-0.25, -0.2) is 0 Å². The smallest absolute Gasteiger partial charge is 0.272 e. The number of thioether (sulfide) groups is 1. The van der Waals surface area contributed by atoms with Crippen molar-refractivity contribution >= 4 is 50.6 Å².